The second kappa shape index (κ2) is 10.5. The van der Waals surface area contributed by atoms with Gasteiger partial charge in [-0.05, 0) is 51.2 Å². The maximum absolute atomic E-state index is 11.8. The van der Waals surface area contributed by atoms with Crippen molar-refractivity contribution in [2.45, 2.75) is 36.8 Å². The number of carbonyl (C=O) groups excluding carboxylic acids is 1. The summed E-state index contributed by atoms with van der Waals surface area (Å²) in [4.78, 5) is 15.2. The van der Waals surface area contributed by atoms with Crippen molar-refractivity contribution in [2.75, 3.05) is 27.2 Å². The summed E-state index contributed by atoms with van der Waals surface area (Å²) in [6.45, 7) is 6.14. The second-order valence-electron chi connectivity index (χ2n) is 5.84. The first-order valence-electron chi connectivity index (χ1n) is 7.85. The van der Waals surface area contributed by atoms with Crippen LogP contribution in [0.15, 0.2) is 35.2 Å². The van der Waals surface area contributed by atoms with Crippen LogP contribution in [0.1, 0.15) is 32.3 Å². The van der Waals surface area contributed by atoms with E-state index in [0.29, 0.717) is 5.25 Å². The molecule has 1 N–H and O–H groups in total. The Morgan fingerprint density at radius 3 is 2.68 bits per heavy atom. The third kappa shape index (κ3) is 8.25. The van der Waals surface area contributed by atoms with Gasteiger partial charge in [-0.25, -0.2) is 0 Å². The van der Waals surface area contributed by atoms with Gasteiger partial charge in [-0.1, -0.05) is 32.0 Å². The fraction of sp³-hybridized carbons (Fsp3) is 0.500. The summed E-state index contributed by atoms with van der Waals surface area (Å²) in [7, 11) is 4.13. The minimum Gasteiger partial charge on any atom is -0.353 e. The van der Waals surface area contributed by atoms with Gasteiger partial charge in [0.05, 0.1) is 0 Å². The Hall–Kier alpha value is -1.26. The zero-order chi connectivity index (χ0) is 16.4. The fourth-order valence-electron chi connectivity index (χ4n) is 1.97. The molecule has 0 aliphatic rings. The molecular weight excluding hydrogens is 292 g/mol. The van der Waals surface area contributed by atoms with Crippen LogP contribution in [0.3, 0.4) is 0 Å². The van der Waals surface area contributed by atoms with E-state index >= 15 is 0 Å². The number of carbonyl (C=O) groups is 1. The molecule has 0 saturated heterocycles. The molecule has 0 spiro atoms. The Morgan fingerprint density at radius 2 is 2.00 bits per heavy atom. The molecule has 0 fully saturated rings. The third-order valence-electron chi connectivity index (χ3n) is 3.03. The summed E-state index contributed by atoms with van der Waals surface area (Å²) in [5.74, 6) is -0.0193. The SMILES string of the molecule is CC(C)Sc1ccccc1/C=C/C(=O)NCCCCN(C)C. The van der Waals surface area contributed by atoms with Gasteiger partial charge in [0, 0.05) is 22.8 Å². The van der Waals surface area contributed by atoms with E-state index in [9.17, 15) is 4.79 Å². The minimum atomic E-state index is -0.0193. The molecule has 1 rings (SSSR count). The summed E-state index contributed by atoms with van der Waals surface area (Å²) in [6, 6.07) is 8.19. The highest BCUT2D eigenvalue weighted by Crippen LogP contribution is 2.27. The van der Waals surface area contributed by atoms with Gasteiger partial charge in [0.25, 0.3) is 0 Å². The van der Waals surface area contributed by atoms with Crippen molar-refractivity contribution in [3.05, 3.63) is 35.9 Å². The number of unbranched alkanes of at least 4 members (excludes halogenated alkanes) is 1. The molecule has 0 bridgehead atoms. The van der Waals surface area contributed by atoms with Gasteiger partial charge in [0.1, 0.15) is 0 Å². The summed E-state index contributed by atoms with van der Waals surface area (Å²) in [6.07, 6.45) is 5.65. The van der Waals surface area contributed by atoms with Gasteiger partial charge < -0.3 is 10.2 Å². The van der Waals surface area contributed by atoms with Crippen molar-refractivity contribution in [1.29, 1.82) is 0 Å². The first-order chi connectivity index (χ1) is 10.5. The molecule has 22 heavy (non-hydrogen) atoms. The van der Waals surface area contributed by atoms with Crippen LogP contribution in [0.5, 0.6) is 0 Å². The summed E-state index contributed by atoms with van der Waals surface area (Å²) < 4.78 is 0. The van der Waals surface area contributed by atoms with Gasteiger partial charge >= 0.3 is 0 Å². The van der Waals surface area contributed by atoms with E-state index in [4.69, 9.17) is 0 Å². The van der Waals surface area contributed by atoms with Crippen LogP contribution in [-0.4, -0.2) is 43.2 Å². The number of hydrogen-bond donors (Lipinski definition) is 1. The van der Waals surface area contributed by atoms with Crippen LogP contribution in [0.4, 0.5) is 0 Å². The number of nitrogens with one attached hydrogen (secondary N) is 1. The first kappa shape index (κ1) is 18.8. The van der Waals surface area contributed by atoms with Gasteiger partial charge in [-0.15, -0.1) is 11.8 Å². The quantitative estimate of drug-likeness (QED) is 0.428. The second-order valence-corrected chi connectivity index (χ2v) is 7.46. The molecule has 0 radical (unpaired) electrons. The van der Waals surface area contributed by atoms with Gasteiger partial charge in [-0.2, -0.15) is 0 Å². The molecule has 3 nitrogen and oxygen atoms in total. The van der Waals surface area contributed by atoms with Crippen molar-refractivity contribution in [2.24, 2.45) is 0 Å². The topological polar surface area (TPSA) is 32.3 Å². The number of hydrogen-bond acceptors (Lipinski definition) is 3. The lowest BCUT2D eigenvalue weighted by Gasteiger charge is -2.09. The van der Waals surface area contributed by atoms with Crippen molar-refractivity contribution in [3.8, 4) is 0 Å². The fourth-order valence-corrected chi connectivity index (χ4v) is 2.91. The number of benzene rings is 1. The lowest BCUT2D eigenvalue weighted by molar-refractivity contribution is -0.116. The normalized spacial score (nSPS) is 11.5. The third-order valence-corrected chi connectivity index (χ3v) is 4.12. The van der Waals surface area contributed by atoms with E-state index in [1.165, 1.54) is 4.90 Å². The van der Waals surface area contributed by atoms with E-state index in [0.717, 1.165) is 31.5 Å². The molecule has 1 aromatic rings. The predicted molar refractivity (Wildman–Crippen MR) is 97.3 cm³/mol. The minimum absolute atomic E-state index is 0.0193. The smallest absolute Gasteiger partial charge is 0.243 e. The Bertz CT molecular complexity index is 484. The zero-order valence-corrected chi connectivity index (χ0v) is 15.0. The Labute approximate surface area is 139 Å². The lowest BCUT2D eigenvalue weighted by atomic mass is 10.2. The van der Waals surface area contributed by atoms with E-state index in [1.807, 2.05) is 36.0 Å². The summed E-state index contributed by atoms with van der Waals surface area (Å²) in [5.41, 5.74) is 1.10. The molecule has 4 heteroatoms. The number of rotatable bonds is 9. The van der Waals surface area contributed by atoms with E-state index in [2.05, 4.69) is 44.2 Å². The highest BCUT2D eigenvalue weighted by Gasteiger charge is 2.03. The average Bonchev–Trinajstić information content (AvgIpc) is 2.45. The average molecular weight is 321 g/mol. The number of amides is 1. The van der Waals surface area contributed by atoms with Crippen molar-refractivity contribution >= 4 is 23.7 Å². The van der Waals surface area contributed by atoms with E-state index in [1.54, 1.807) is 6.08 Å². The van der Waals surface area contributed by atoms with Crippen LogP contribution in [0.25, 0.3) is 6.08 Å². The number of nitrogens with zero attached hydrogens (tertiary/aromatic N) is 1. The van der Waals surface area contributed by atoms with Crippen LogP contribution >= 0.6 is 11.8 Å². The van der Waals surface area contributed by atoms with Gasteiger partial charge in [0.2, 0.25) is 5.91 Å². The molecule has 0 aromatic heterocycles. The molecule has 0 heterocycles. The van der Waals surface area contributed by atoms with E-state index in [-0.39, 0.29) is 5.91 Å². The highest BCUT2D eigenvalue weighted by atomic mass is 32.2. The summed E-state index contributed by atoms with van der Waals surface area (Å²) >= 11 is 1.82. The molecule has 122 valence electrons. The Kier molecular flexibility index (Phi) is 8.94. The Morgan fingerprint density at radius 1 is 1.27 bits per heavy atom. The first-order valence-corrected chi connectivity index (χ1v) is 8.73. The highest BCUT2D eigenvalue weighted by molar-refractivity contribution is 8.00. The predicted octanol–water partition coefficient (Wildman–Crippen LogP) is 3.66. The van der Waals surface area contributed by atoms with Crippen LogP contribution in [-0.2, 0) is 4.79 Å². The number of thioether (sulfide) groups is 1. The van der Waals surface area contributed by atoms with Crippen LogP contribution in [0, 0.1) is 0 Å². The molecule has 0 saturated carbocycles. The van der Waals surface area contributed by atoms with Crippen LogP contribution < -0.4 is 5.32 Å². The van der Waals surface area contributed by atoms with Gasteiger partial charge in [0.15, 0.2) is 0 Å². The largest absolute Gasteiger partial charge is 0.353 e. The lowest BCUT2D eigenvalue weighted by Crippen LogP contribution is -2.23. The van der Waals surface area contributed by atoms with E-state index < -0.39 is 0 Å². The van der Waals surface area contributed by atoms with Crippen molar-refractivity contribution in [1.82, 2.24) is 10.2 Å². The monoisotopic (exact) mass is 320 g/mol. The maximum atomic E-state index is 11.8. The van der Waals surface area contributed by atoms with Crippen molar-refractivity contribution < 1.29 is 4.79 Å². The van der Waals surface area contributed by atoms with Gasteiger partial charge in [-0.3, -0.25) is 4.79 Å². The zero-order valence-electron chi connectivity index (χ0n) is 14.1. The molecule has 0 aliphatic heterocycles. The van der Waals surface area contributed by atoms with Crippen molar-refractivity contribution in [3.63, 3.8) is 0 Å². The molecular formula is C18H28N2OS. The van der Waals surface area contributed by atoms with Crippen LogP contribution in [0.2, 0.25) is 0 Å². The molecule has 0 aliphatic carbocycles. The Balaban J connectivity index is 2.42. The molecule has 1 aromatic carbocycles. The maximum Gasteiger partial charge on any atom is 0.243 e. The molecule has 0 unspecified atom stereocenters. The molecule has 0 atom stereocenters. The summed E-state index contributed by atoms with van der Waals surface area (Å²) in [5, 5.41) is 3.46. The molecule has 1 amide bonds. The standard InChI is InChI=1S/C18H28N2OS/c1-15(2)22-17-10-6-5-9-16(17)11-12-18(21)19-13-7-8-14-20(3)4/h5-6,9-12,15H,7-8,13-14H2,1-4H3,(H,19,21)/b12-11+.